The minimum Gasteiger partial charge on any atom is -0.303 e. The zero-order chi connectivity index (χ0) is 16.8. The quantitative estimate of drug-likeness (QED) is 0.440. The smallest absolute Gasteiger partial charge is 0.119 e. The first-order chi connectivity index (χ1) is 11.8. The standard InChI is InChI=1S/C21H24BrNO/c22-20-11-8-18(9-12-20)21-13-10-19(15-23-21)17-6-4-16(5-7-17)3-1-2-14-24/h8-17H,1-7H2/t16-,17-. The van der Waals surface area contributed by atoms with E-state index in [1.165, 1.54) is 37.7 Å². The first-order valence-electron chi connectivity index (χ1n) is 8.92. The van der Waals surface area contributed by atoms with Crippen molar-refractivity contribution < 1.29 is 4.79 Å². The zero-order valence-electron chi connectivity index (χ0n) is 14.0. The average molecular weight is 386 g/mol. The van der Waals surface area contributed by atoms with Crippen LogP contribution in [0.3, 0.4) is 0 Å². The summed E-state index contributed by atoms with van der Waals surface area (Å²) in [5.74, 6) is 1.47. The van der Waals surface area contributed by atoms with Gasteiger partial charge in [0.1, 0.15) is 6.29 Å². The van der Waals surface area contributed by atoms with E-state index in [0.717, 1.165) is 40.8 Å². The fraction of sp³-hybridized carbons (Fsp3) is 0.429. The maximum atomic E-state index is 10.4. The number of rotatable bonds is 6. The predicted octanol–water partition coefficient (Wildman–Crippen LogP) is 6.15. The molecule has 0 aliphatic heterocycles. The van der Waals surface area contributed by atoms with Crippen LogP contribution >= 0.6 is 15.9 Å². The number of halogens is 1. The van der Waals surface area contributed by atoms with E-state index in [1.54, 1.807) is 0 Å². The molecule has 1 heterocycles. The van der Waals surface area contributed by atoms with Gasteiger partial charge in [-0.3, -0.25) is 4.98 Å². The molecule has 0 N–H and O–H groups in total. The minimum absolute atomic E-state index is 0.652. The van der Waals surface area contributed by atoms with Crippen molar-refractivity contribution >= 4 is 22.2 Å². The number of aldehydes is 1. The molecule has 24 heavy (non-hydrogen) atoms. The van der Waals surface area contributed by atoms with E-state index in [2.05, 4.69) is 63.5 Å². The number of carbonyl (C=O) groups is 1. The van der Waals surface area contributed by atoms with Gasteiger partial charge in [0.05, 0.1) is 5.69 Å². The molecule has 0 spiro atoms. The number of hydrogen-bond acceptors (Lipinski definition) is 2. The lowest BCUT2D eigenvalue weighted by molar-refractivity contribution is -0.108. The maximum absolute atomic E-state index is 10.4. The van der Waals surface area contributed by atoms with E-state index in [4.69, 9.17) is 0 Å². The summed E-state index contributed by atoms with van der Waals surface area (Å²) in [5, 5.41) is 0. The lowest BCUT2D eigenvalue weighted by Crippen LogP contribution is -2.13. The van der Waals surface area contributed by atoms with Gasteiger partial charge in [-0.15, -0.1) is 0 Å². The molecule has 126 valence electrons. The third-order valence-corrected chi connectivity index (χ3v) is 5.71. The van der Waals surface area contributed by atoms with Crippen molar-refractivity contribution in [1.82, 2.24) is 4.98 Å². The Hall–Kier alpha value is -1.48. The van der Waals surface area contributed by atoms with E-state index in [-0.39, 0.29) is 0 Å². The molecule has 0 unspecified atom stereocenters. The van der Waals surface area contributed by atoms with Crippen LogP contribution in [0.4, 0.5) is 0 Å². The second-order valence-electron chi connectivity index (χ2n) is 6.80. The number of carbonyl (C=O) groups excluding carboxylic acids is 1. The molecule has 3 heteroatoms. The van der Waals surface area contributed by atoms with Crippen LogP contribution in [-0.4, -0.2) is 11.3 Å². The van der Waals surface area contributed by atoms with Gasteiger partial charge < -0.3 is 4.79 Å². The number of pyridine rings is 1. The lowest BCUT2D eigenvalue weighted by Gasteiger charge is -2.28. The summed E-state index contributed by atoms with van der Waals surface area (Å²) >= 11 is 3.47. The molecule has 1 aromatic heterocycles. The predicted molar refractivity (Wildman–Crippen MR) is 102 cm³/mol. The molecule has 1 saturated carbocycles. The van der Waals surface area contributed by atoms with Gasteiger partial charge in [-0.05, 0) is 67.7 Å². The molecular weight excluding hydrogens is 362 g/mol. The molecule has 0 saturated heterocycles. The maximum Gasteiger partial charge on any atom is 0.119 e. The van der Waals surface area contributed by atoms with Crippen molar-refractivity contribution in [2.24, 2.45) is 5.92 Å². The summed E-state index contributed by atoms with van der Waals surface area (Å²) in [6, 6.07) is 12.7. The van der Waals surface area contributed by atoms with Crippen molar-refractivity contribution in [3.8, 4) is 11.3 Å². The Balaban J connectivity index is 1.56. The van der Waals surface area contributed by atoms with Crippen LogP contribution in [0, 0.1) is 5.92 Å². The summed E-state index contributed by atoms with van der Waals surface area (Å²) in [4.78, 5) is 15.1. The molecule has 2 aromatic rings. The summed E-state index contributed by atoms with van der Waals surface area (Å²) < 4.78 is 1.09. The first-order valence-corrected chi connectivity index (χ1v) is 9.71. The second kappa shape index (κ2) is 8.57. The number of benzene rings is 1. The molecule has 2 nitrogen and oxygen atoms in total. The van der Waals surface area contributed by atoms with E-state index in [0.29, 0.717) is 5.92 Å². The van der Waals surface area contributed by atoms with Crippen molar-refractivity contribution in [1.29, 1.82) is 0 Å². The molecule has 1 aliphatic carbocycles. The van der Waals surface area contributed by atoms with Crippen LogP contribution < -0.4 is 0 Å². The van der Waals surface area contributed by atoms with Crippen LogP contribution in [0.5, 0.6) is 0 Å². The highest BCUT2D eigenvalue weighted by Gasteiger charge is 2.22. The van der Waals surface area contributed by atoms with Crippen LogP contribution in [0.25, 0.3) is 11.3 Å². The van der Waals surface area contributed by atoms with E-state index < -0.39 is 0 Å². The molecular formula is C21H24BrNO. The third-order valence-electron chi connectivity index (χ3n) is 5.18. The summed E-state index contributed by atoms with van der Waals surface area (Å²) in [6.45, 7) is 0. The summed E-state index contributed by atoms with van der Waals surface area (Å²) in [6.07, 6.45) is 11.2. The van der Waals surface area contributed by atoms with Crippen molar-refractivity contribution in [3.63, 3.8) is 0 Å². The molecule has 0 bridgehead atoms. The monoisotopic (exact) mass is 385 g/mol. The Morgan fingerprint density at radius 3 is 2.42 bits per heavy atom. The van der Waals surface area contributed by atoms with E-state index >= 15 is 0 Å². The molecule has 1 aromatic carbocycles. The van der Waals surface area contributed by atoms with Crippen molar-refractivity contribution in [2.75, 3.05) is 0 Å². The highest BCUT2D eigenvalue weighted by Crippen LogP contribution is 2.37. The summed E-state index contributed by atoms with van der Waals surface area (Å²) in [7, 11) is 0. The van der Waals surface area contributed by atoms with Crippen LogP contribution in [0.2, 0.25) is 0 Å². The molecule has 1 fully saturated rings. The van der Waals surface area contributed by atoms with Gasteiger partial charge in [-0.1, -0.05) is 40.5 Å². The van der Waals surface area contributed by atoms with Crippen molar-refractivity contribution in [3.05, 3.63) is 52.6 Å². The fourth-order valence-corrected chi connectivity index (χ4v) is 3.98. The second-order valence-corrected chi connectivity index (χ2v) is 7.71. The van der Waals surface area contributed by atoms with Gasteiger partial charge in [-0.2, -0.15) is 0 Å². The zero-order valence-corrected chi connectivity index (χ0v) is 15.5. The topological polar surface area (TPSA) is 30.0 Å². The Labute approximate surface area is 152 Å². The third kappa shape index (κ3) is 4.54. The summed E-state index contributed by atoms with van der Waals surface area (Å²) in [5.41, 5.74) is 3.57. The van der Waals surface area contributed by atoms with Gasteiger partial charge in [-0.25, -0.2) is 0 Å². The Morgan fingerprint density at radius 1 is 1.04 bits per heavy atom. The van der Waals surface area contributed by atoms with Crippen LogP contribution in [-0.2, 0) is 4.79 Å². The minimum atomic E-state index is 0.652. The normalized spacial score (nSPS) is 20.7. The van der Waals surface area contributed by atoms with Crippen LogP contribution in [0.15, 0.2) is 47.1 Å². The number of aromatic nitrogens is 1. The highest BCUT2D eigenvalue weighted by atomic mass is 79.9. The van der Waals surface area contributed by atoms with E-state index in [1.807, 2.05) is 0 Å². The SMILES string of the molecule is O=CCCC[C@H]1CC[C@H](c2ccc(-c3ccc(Br)cc3)nc2)CC1. The van der Waals surface area contributed by atoms with Gasteiger partial charge >= 0.3 is 0 Å². The van der Waals surface area contributed by atoms with Gasteiger partial charge in [0.25, 0.3) is 0 Å². The number of unbranched alkanes of at least 4 members (excludes halogenated alkanes) is 1. The van der Waals surface area contributed by atoms with Gasteiger partial charge in [0.2, 0.25) is 0 Å². The first kappa shape index (κ1) is 17.3. The Bertz CT molecular complexity index is 643. The average Bonchev–Trinajstić information content (AvgIpc) is 2.63. The fourth-order valence-electron chi connectivity index (χ4n) is 3.71. The molecule has 0 radical (unpaired) electrons. The lowest BCUT2D eigenvalue weighted by atomic mass is 9.77. The van der Waals surface area contributed by atoms with Crippen molar-refractivity contribution in [2.45, 2.75) is 50.9 Å². The van der Waals surface area contributed by atoms with Gasteiger partial charge in [0, 0.05) is 22.7 Å². The Kier molecular flexibility index (Phi) is 6.19. The molecule has 0 amide bonds. The highest BCUT2D eigenvalue weighted by molar-refractivity contribution is 9.10. The Morgan fingerprint density at radius 2 is 1.79 bits per heavy atom. The van der Waals surface area contributed by atoms with Crippen LogP contribution in [0.1, 0.15) is 56.4 Å². The molecule has 3 rings (SSSR count). The van der Waals surface area contributed by atoms with Gasteiger partial charge in [0.15, 0.2) is 0 Å². The molecule has 1 aliphatic rings. The molecule has 0 atom stereocenters. The number of hydrogen-bond donors (Lipinski definition) is 0. The largest absolute Gasteiger partial charge is 0.303 e. The number of nitrogens with zero attached hydrogens (tertiary/aromatic N) is 1. The van der Waals surface area contributed by atoms with E-state index in [9.17, 15) is 4.79 Å².